The molecule has 2 aromatic carbocycles. The van der Waals surface area contributed by atoms with Crippen LogP contribution in [-0.2, 0) is 19.1 Å². The molecule has 2 unspecified atom stereocenters. The number of nitrogens with zero attached hydrogens (tertiary/aromatic N) is 1. The Hall–Kier alpha value is -3.39. The average Bonchev–Trinajstić information content (AvgIpc) is 3.44. The van der Waals surface area contributed by atoms with Crippen molar-refractivity contribution in [3.63, 3.8) is 0 Å². The molecule has 2 amide bonds. The Morgan fingerprint density at radius 2 is 1.71 bits per heavy atom. The fourth-order valence-electron chi connectivity index (χ4n) is 5.66. The van der Waals surface area contributed by atoms with E-state index in [9.17, 15) is 19.5 Å². The number of rotatable bonds is 5. The van der Waals surface area contributed by atoms with Crippen LogP contribution in [0, 0.1) is 11.8 Å². The van der Waals surface area contributed by atoms with Gasteiger partial charge in [-0.3, -0.25) is 9.59 Å². The molecule has 35 heavy (non-hydrogen) atoms. The summed E-state index contributed by atoms with van der Waals surface area (Å²) in [5, 5.41) is 12.2. The van der Waals surface area contributed by atoms with Crippen LogP contribution in [0.4, 0.5) is 4.79 Å². The first-order chi connectivity index (χ1) is 16.9. The molecule has 2 aliphatic heterocycles. The molecule has 2 aromatic rings. The molecule has 184 valence electrons. The predicted molar refractivity (Wildman–Crippen MR) is 128 cm³/mol. The smallest absolute Gasteiger partial charge is 0.407 e. The Balaban J connectivity index is 1.21. The molecule has 3 aliphatic rings. The van der Waals surface area contributed by atoms with Crippen molar-refractivity contribution in [1.82, 2.24) is 10.2 Å². The average molecular weight is 479 g/mol. The van der Waals surface area contributed by atoms with E-state index in [4.69, 9.17) is 9.47 Å². The summed E-state index contributed by atoms with van der Waals surface area (Å²) in [5.41, 5.74) is 4.57. The second kappa shape index (κ2) is 9.70. The Morgan fingerprint density at radius 3 is 2.37 bits per heavy atom. The lowest BCUT2D eigenvalue weighted by Gasteiger charge is -2.36. The van der Waals surface area contributed by atoms with Gasteiger partial charge in [0.15, 0.2) is 6.10 Å². The van der Waals surface area contributed by atoms with Crippen LogP contribution in [0.2, 0.25) is 0 Å². The number of amides is 2. The van der Waals surface area contributed by atoms with Crippen molar-refractivity contribution in [2.45, 2.75) is 37.8 Å². The van der Waals surface area contributed by atoms with Crippen LogP contribution < -0.4 is 5.32 Å². The fraction of sp³-hybridized carbons (Fsp3) is 0.444. The highest BCUT2D eigenvalue weighted by Crippen LogP contribution is 2.44. The van der Waals surface area contributed by atoms with Crippen LogP contribution >= 0.6 is 0 Å². The van der Waals surface area contributed by atoms with Crippen LogP contribution in [0.15, 0.2) is 48.5 Å². The first kappa shape index (κ1) is 23.4. The highest BCUT2D eigenvalue weighted by Gasteiger charge is 2.41. The molecule has 0 bridgehead atoms. The number of hydrogen-bond acceptors (Lipinski definition) is 5. The number of likely N-dealkylation sites (tertiary alicyclic amines) is 1. The van der Waals surface area contributed by atoms with Gasteiger partial charge in [0.1, 0.15) is 6.61 Å². The third kappa shape index (κ3) is 4.62. The van der Waals surface area contributed by atoms with E-state index in [-0.39, 0.29) is 30.9 Å². The SMILES string of the molecule is CC1CC(C(=O)O)CN(C(=O)[C@@H]2OCC[C@@H]2NC(=O)OCC2c3ccccc3-c3ccccc32)C1. The van der Waals surface area contributed by atoms with Crippen LogP contribution in [-0.4, -0.2) is 66.4 Å². The molecule has 8 nitrogen and oxygen atoms in total. The lowest BCUT2D eigenvalue weighted by molar-refractivity contribution is -0.150. The number of benzene rings is 2. The fourth-order valence-corrected chi connectivity index (χ4v) is 5.66. The van der Waals surface area contributed by atoms with Crippen molar-refractivity contribution < 1.29 is 29.0 Å². The summed E-state index contributed by atoms with van der Waals surface area (Å²) >= 11 is 0. The zero-order valence-electron chi connectivity index (χ0n) is 19.7. The molecule has 2 fully saturated rings. The van der Waals surface area contributed by atoms with Crippen molar-refractivity contribution in [2.24, 2.45) is 11.8 Å². The maximum Gasteiger partial charge on any atom is 0.407 e. The highest BCUT2D eigenvalue weighted by molar-refractivity contribution is 5.84. The zero-order valence-corrected chi connectivity index (χ0v) is 19.7. The summed E-state index contributed by atoms with van der Waals surface area (Å²) in [4.78, 5) is 38.9. The van der Waals surface area contributed by atoms with Crippen LogP contribution in [0.25, 0.3) is 11.1 Å². The normalized spacial score (nSPS) is 25.6. The third-order valence-electron chi connectivity index (χ3n) is 7.30. The number of carbonyl (C=O) groups is 3. The lowest BCUT2D eigenvalue weighted by Crippen LogP contribution is -2.54. The number of aliphatic carboxylic acids is 1. The van der Waals surface area contributed by atoms with Gasteiger partial charge in [-0.05, 0) is 41.0 Å². The van der Waals surface area contributed by atoms with Crippen LogP contribution in [0.1, 0.15) is 36.8 Å². The summed E-state index contributed by atoms with van der Waals surface area (Å²) in [6.07, 6.45) is -0.385. The Bertz CT molecular complexity index is 1090. The third-order valence-corrected chi connectivity index (χ3v) is 7.30. The summed E-state index contributed by atoms with van der Waals surface area (Å²) < 4.78 is 11.3. The molecule has 8 heteroatoms. The van der Waals surface area contributed by atoms with E-state index >= 15 is 0 Å². The molecule has 2 saturated heterocycles. The van der Waals surface area contributed by atoms with Gasteiger partial charge in [-0.2, -0.15) is 0 Å². The summed E-state index contributed by atoms with van der Waals surface area (Å²) in [7, 11) is 0. The van der Waals surface area contributed by atoms with Gasteiger partial charge in [0.25, 0.3) is 5.91 Å². The molecular formula is C27H30N2O6. The summed E-state index contributed by atoms with van der Waals surface area (Å²) in [6, 6.07) is 15.7. The molecule has 0 radical (unpaired) electrons. The van der Waals surface area contributed by atoms with E-state index < -0.39 is 30.1 Å². The standard InChI is InChI=1S/C27H30N2O6/c1-16-12-17(26(31)32)14-29(13-16)25(30)24-23(10-11-34-24)28-27(33)35-15-22-20-8-4-2-6-18(20)19-7-3-5-9-21(19)22/h2-9,16-17,22-24H,10-15H2,1H3,(H,28,33)(H,31,32)/t16?,17?,23-,24+/m0/s1. The van der Waals surface area contributed by atoms with E-state index in [1.54, 1.807) is 4.90 Å². The number of carboxylic acids is 1. The zero-order chi connectivity index (χ0) is 24.5. The largest absolute Gasteiger partial charge is 0.481 e. The van der Waals surface area contributed by atoms with Crippen LogP contribution in [0.5, 0.6) is 0 Å². The summed E-state index contributed by atoms with van der Waals surface area (Å²) in [6.45, 7) is 3.12. The monoisotopic (exact) mass is 478 g/mol. The van der Waals surface area contributed by atoms with Crippen LogP contribution in [0.3, 0.4) is 0 Å². The minimum absolute atomic E-state index is 0.0480. The number of piperidine rings is 1. The number of carboxylic acid groups (broad SMARTS) is 1. The minimum Gasteiger partial charge on any atom is -0.481 e. The predicted octanol–water partition coefficient (Wildman–Crippen LogP) is 3.25. The molecule has 0 aromatic heterocycles. The van der Waals surface area contributed by atoms with Gasteiger partial charge >= 0.3 is 12.1 Å². The van der Waals surface area contributed by atoms with Crippen molar-refractivity contribution in [1.29, 1.82) is 0 Å². The van der Waals surface area contributed by atoms with Crippen molar-refractivity contribution in [2.75, 3.05) is 26.3 Å². The number of hydrogen-bond donors (Lipinski definition) is 2. The van der Waals surface area contributed by atoms with Crippen molar-refractivity contribution >= 4 is 18.0 Å². The Kier molecular flexibility index (Phi) is 6.47. The van der Waals surface area contributed by atoms with Gasteiger partial charge in [-0.25, -0.2) is 4.79 Å². The number of alkyl carbamates (subject to hydrolysis) is 1. The molecule has 1 aliphatic carbocycles. The van der Waals surface area contributed by atoms with Gasteiger partial charge in [-0.15, -0.1) is 0 Å². The van der Waals surface area contributed by atoms with E-state index in [1.165, 1.54) is 0 Å². The minimum atomic E-state index is -0.894. The van der Waals surface area contributed by atoms with E-state index in [0.717, 1.165) is 22.3 Å². The quantitative estimate of drug-likeness (QED) is 0.684. The molecule has 4 atom stereocenters. The summed E-state index contributed by atoms with van der Waals surface area (Å²) in [5.74, 6) is -1.71. The molecular weight excluding hydrogens is 448 g/mol. The number of fused-ring (bicyclic) bond motifs is 3. The molecule has 0 spiro atoms. The van der Waals surface area contributed by atoms with E-state index in [2.05, 4.69) is 29.6 Å². The maximum atomic E-state index is 13.2. The first-order valence-electron chi connectivity index (χ1n) is 12.2. The van der Waals surface area contributed by atoms with Gasteiger partial charge < -0.3 is 24.8 Å². The molecule has 2 N–H and O–H groups in total. The van der Waals surface area contributed by atoms with Crippen molar-refractivity contribution in [3.05, 3.63) is 59.7 Å². The highest BCUT2D eigenvalue weighted by atomic mass is 16.6. The topological polar surface area (TPSA) is 105 Å². The van der Waals surface area contributed by atoms with Gasteiger partial charge in [0.05, 0.1) is 12.0 Å². The molecule has 0 saturated carbocycles. The Morgan fingerprint density at radius 1 is 1.06 bits per heavy atom. The number of carbonyl (C=O) groups excluding carboxylic acids is 2. The van der Waals surface area contributed by atoms with E-state index in [0.29, 0.717) is 26.0 Å². The molecule has 5 rings (SSSR count). The number of nitrogens with one attached hydrogen (secondary N) is 1. The lowest BCUT2D eigenvalue weighted by atomic mass is 9.90. The second-order valence-electron chi connectivity index (χ2n) is 9.78. The Labute approximate surface area is 204 Å². The van der Waals surface area contributed by atoms with Gasteiger partial charge in [0.2, 0.25) is 0 Å². The van der Waals surface area contributed by atoms with E-state index in [1.807, 2.05) is 31.2 Å². The van der Waals surface area contributed by atoms with Crippen molar-refractivity contribution in [3.8, 4) is 11.1 Å². The van der Waals surface area contributed by atoms with Gasteiger partial charge in [-0.1, -0.05) is 55.5 Å². The number of ether oxygens (including phenoxy) is 2. The first-order valence-corrected chi connectivity index (χ1v) is 12.2. The second-order valence-corrected chi connectivity index (χ2v) is 9.78. The maximum absolute atomic E-state index is 13.2. The van der Waals surface area contributed by atoms with Gasteiger partial charge in [0, 0.05) is 25.6 Å². The molecule has 2 heterocycles.